The van der Waals surface area contributed by atoms with Crippen LogP contribution >= 0.6 is 0 Å². The molecule has 4 aromatic rings. The Morgan fingerprint density at radius 2 is 2.12 bits per heavy atom. The summed E-state index contributed by atoms with van der Waals surface area (Å²) in [4.78, 5) is 16.9. The number of rotatable bonds is 4. The summed E-state index contributed by atoms with van der Waals surface area (Å²) in [5.74, 6) is 1.02. The summed E-state index contributed by atoms with van der Waals surface area (Å²) >= 11 is 0. The van der Waals surface area contributed by atoms with E-state index < -0.39 is 0 Å². The Kier molecular flexibility index (Phi) is 3.93. The van der Waals surface area contributed by atoms with Crippen LogP contribution in [0.2, 0.25) is 0 Å². The minimum Gasteiger partial charge on any atom is -0.497 e. The largest absolute Gasteiger partial charge is 0.497 e. The molecule has 2 heterocycles. The molecule has 2 aromatic heterocycles. The average molecular weight is 347 g/mol. The van der Waals surface area contributed by atoms with E-state index in [4.69, 9.17) is 9.15 Å². The van der Waals surface area contributed by atoms with E-state index in [1.807, 2.05) is 47.2 Å². The predicted octanol–water partition coefficient (Wildman–Crippen LogP) is 4.19. The maximum absolute atomic E-state index is 12.9. The predicted molar refractivity (Wildman–Crippen MR) is 99.0 cm³/mol. The Morgan fingerprint density at radius 3 is 2.88 bits per heavy atom. The topological polar surface area (TPSA) is 69.3 Å². The average Bonchev–Trinajstić information content (AvgIpc) is 3.28. The lowest BCUT2D eigenvalue weighted by molar-refractivity contribution is 0.102. The van der Waals surface area contributed by atoms with Gasteiger partial charge in [0, 0.05) is 29.2 Å². The van der Waals surface area contributed by atoms with Crippen molar-refractivity contribution in [3.8, 4) is 11.4 Å². The summed E-state index contributed by atoms with van der Waals surface area (Å²) in [5.41, 5.74) is 2.76. The Morgan fingerprint density at radius 1 is 1.23 bits per heavy atom. The summed E-state index contributed by atoms with van der Waals surface area (Å²) in [5, 5.41) is 3.67. The summed E-state index contributed by atoms with van der Waals surface area (Å²) < 4.78 is 12.8. The fourth-order valence-corrected chi connectivity index (χ4v) is 2.96. The number of amides is 1. The van der Waals surface area contributed by atoms with E-state index in [0.29, 0.717) is 28.3 Å². The molecule has 0 saturated carbocycles. The molecule has 0 unspecified atom stereocenters. The van der Waals surface area contributed by atoms with Gasteiger partial charge in [0.15, 0.2) is 0 Å². The number of fused-ring (bicyclic) bond motifs is 1. The second-order valence-corrected chi connectivity index (χ2v) is 5.87. The highest BCUT2D eigenvalue weighted by Gasteiger charge is 2.19. The van der Waals surface area contributed by atoms with Gasteiger partial charge in [-0.25, -0.2) is 4.98 Å². The normalized spacial score (nSPS) is 10.8. The zero-order valence-corrected chi connectivity index (χ0v) is 14.4. The van der Waals surface area contributed by atoms with E-state index in [2.05, 4.69) is 10.3 Å². The van der Waals surface area contributed by atoms with E-state index in [1.54, 1.807) is 32.6 Å². The van der Waals surface area contributed by atoms with Crippen LogP contribution in [0.5, 0.6) is 5.75 Å². The summed E-state index contributed by atoms with van der Waals surface area (Å²) in [6.45, 7) is 1.78. The van der Waals surface area contributed by atoms with Crippen LogP contribution in [0, 0.1) is 6.92 Å². The van der Waals surface area contributed by atoms with E-state index >= 15 is 0 Å². The molecular weight excluding hydrogens is 330 g/mol. The van der Waals surface area contributed by atoms with Crippen LogP contribution in [0.1, 0.15) is 16.1 Å². The number of aromatic nitrogens is 2. The number of imidazole rings is 1. The number of ether oxygens (including phenoxy) is 1. The number of hydrogen-bond donors (Lipinski definition) is 1. The molecule has 0 aliphatic rings. The van der Waals surface area contributed by atoms with Crippen LogP contribution in [0.3, 0.4) is 0 Å². The summed E-state index contributed by atoms with van der Waals surface area (Å²) in [6, 6.07) is 13.0. The molecule has 0 aliphatic carbocycles. The molecule has 26 heavy (non-hydrogen) atoms. The second kappa shape index (κ2) is 6.40. The van der Waals surface area contributed by atoms with Crippen LogP contribution in [0.15, 0.2) is 65.6 Å². The van der Waals surface area contributed by atoms with Crippen molar-refractivity contribution in [3.63, 3.8) is 0 Å². The number of aryl methyl sites for hydroxylation is 1. The maximum atomic E-state index is 12.9. The van der Waals surface area contributed by atoms with Crippen molar-refractivity contribution in [3.05, 3.63) is 72.5 Å². The molecule has 1 amide bonds. The molecule has 0 aliphatic heterocycles. The molecule has 0 bridgehead atoms. The Balaban J connectivity index is 1.68. The summed E-state index contributed by atoms with van der Waals surface area (Å²) in [6.07, 6.45) is 5.27. The molecule has 2 aromatic carbocycles. The van der Waals surface area contributed by atoms with E-state index in [1.165, 1.54) is 0 Å². The first-order valence-electron chi connectivity index (χ1n) is 8.12. The van der Waals surface area contributed by atoms with Crippen molar-refractivity contribution in [1.82, 2.24) is 9.55 Å². The number of nitrogens with zero attached hydrogens (tertiary/aromatic N) is 2. The van der Waals surface area contributed by atoms with Gasteiger partial charge in [-0.1, -0.05) is 6.07 Å². The van der Waals surface area contributed by atoms with E-state index in [0.717, 1.165) is 11.1 Å². The molecule has 1 N–H and O–H groups in total. The van der Waals surface area contributed by atoms with Crippen LogP contribution in [0.4, 0.5) is 5.69 Å². The first kappa shape index (κ1) is 16.0. The molecule has 130 valence electrons. The third-order valence-electron chi connectivity index (χ3n) is 4.20. The van der Waals surface area contributed by atoms with Gasteiger partial charge in [-0.15, -0.1) is 0 Å². The molecule has 4 rings (SSSR count). The van der Waals surface area contributed by atoms with Crippen molar-refractivity contribution in [1.29, 1.82) is 0 Å². The molecular formula is C20H17N3O3. The number of carbonyl (C=O) groups excluding carboxylic acids is 1. The van der Waals surface area contributed by atoms with Crippen LogP contribution in [-0.4, -0.2) is 22.6 Å². The van der Waals surface area contributed by atoms with Gasteiger partial charge in [-0.3, -0.25) is 4.79 Å². The molecule has 6 nitrogen and oxygen atoms in total. The number of carbonyl (C=O) groups is 1. The smallest absolute Gasteiger partial charge is 0.259 e. The van der Waals surface area contributed by atoms with Gasteiger partial charge in [0.2, 0.25) is 0 Å². The monoisotopic (exact) mass is 347 g/mol. The standard InChI is InChI=1S/C20H17N3O3/c1-13-19(17-11-16(25-2)6-7-18(17)26-13)20(24)22-14-4-3-5-15(10-14)23-9-8-21-12-23/h3-12H,1-2H3,(H,22,24). The minimum atomic E-state index is -0.225. The lowest BCUT2D eigenvalue weighted by Crippen LogP contribution is -2.12. The minimum absolute atomic E-state index is 0.225. The van der Waals surface area contributed by atoms with Crippen LogP contribution < -0.4 is 10.1 Å². The molecule has 0 atom stereocenters. The third kappa shape index (κ3) is 2.82. The zero-order chi connectivity index (χ0) is 18.1. The highest BCUT2D eigenvalue weighted by molar-refractivity contribution is 6.13. The van der Waals surface area contributed by atoms with Crippen molar-refractivity contribution in [2.45, 2.75) is 6.92 Å². The van der Waals surface area contributed by atoms with Gasteiger partial charge in [0.25, 0.3) is 5.91 Å². The van der Waals surface area contributed by atoms with Crippen molar-refractivity contribution in [2.75, 3.05) is 12.4 Å². The lowest BCUT2D eigenvalue weighted by Gasteiger charge is -2.08. The van der Waals surface area contributed by atoms with Crippen molar-refractivity contribution >= 4 is 22.6 Å². The fourth-order valence-electron chi connectivity index (χ4n) is 2.96. The van der Waals surface area contributed by atoms with Gasteiger partial charge < -0.3 is 19.0 Å². The number of benzene rings is 2. The lowest BCUT2D eigenvalue weighted by atomic mass is 10.1. The second-order valence-electron chi connectivity index (χ2n) is 5.87. The molecule has 0 fully saturated rings. The Labute approximate surface area is 150 Å². The van der Waals surface area contributed by atoms with Crippen LogP contribution in [0.25, 0.3) is 16.7 Å². The quantitative estimate of drug-likeness (QED) is 0.601. The van der Waals surface area contributed by atoms with E-state index in [-0.39, 0.29) is 5.91 Å². The number of furan rings is 1. The SMILES string of the molecule is COc1ccc2oc(C)c(C(=O)Nc3cccc(-n4ccnc4)c3)c2c1. The number of hydrogen-bond acceptors (Lipinski definition) is 4. The Bertz CT molecular complexity index is 1080. The van der Waals surface area contributed by atoms with Gasteiger partial charge in [-0.2, -0.15) is 0 Å². The molecule has 0 radical (unpaired) electrons. The van der Waals surface area contributed by atoms with Gasteiger partial charge in [-0.05, 0) is 43.3 Å². The number of methoxy groups -OCH3 is 1. The van der Waals surface area contributed by atoms with E-state index in [9.17, 15) is 4.79 Å². The summed E-state index contributed by atoms with van der Waals surface area (Å²) in [7, 11) is 1.59. The molecule has 0 spiro atoms. The number of nitrogens with one attached hydrogen (secondary N) is 1. The van der Waals surface area contributed by atoms with Crippen molar-refractivity contribution in [2.24, 2.45) is 0 Å². The first-order chi connectivity index (χ1) is 12.7. The van der Waals surface area contributed by atoms with Crippen LogP contribution in [-0.2, 0) is 0 Å². The zero-order valence-electron chi connectivity index (χ0n) is 14.4. The van der Waals surface area contributed by atoms with Crippen molar-refractivity contribution < 1.29 is 13.9 Å². The maximum Gasteiger partial charge on any atom is 0.259 e. The Hall–Kier alpha value is -3.54. The molecule has 0 saturated heterocycles. The number of anilines is 1. The first-order valence-corrected chi connectivity index (χ1v) is 8.12. The van der Waals surface area contributed by atoms with Gasteiger partial charge in [0.05, 0.1) is 19.0 Å². The highest BCUT2D eigenvalue weighted by atomic mass is 16.5. The van der Waals surface area contributed by atoms with Gasteiger partial charge >= 0.3 is 0 Å². The fraction of sp³-hybridized carbons (Fsp3) is 0.100. The third-order valence-corrected chi connectivity index (χ3v) is 4.20. The highest BCUT2D eigenvalue weighted by Crippen LogP contribution is 2.29. The molecule has 6 heteroatoms. The van der Waals surface area contributed by atoms with Gasteiger partial charge in [0.1, 0.15) is 17.1 Å².